The van der Waals surface area contributed by atoms with Gasteiger partial charge in [0.1, 0.15) is 22.6 Å². The van der Waals surface area contributed by atoms with Gasteiger partial charge in [-0.25, -0.2) is 4.79 Å². The van der Waals surface area contributed by atoms with E-state index in [1.54, 1.807) is 0 Å². The molecule has 2 heterocycles. The van der Waals surface area contributed by atoms with Crippen molar-refractivity contribution < 1.29 is 23.3 Å². The van der Waals surface area contributed by atoms with Crippen molar-refractivity contribution in [2.24, 2.45) is 0 Å². The SMILES string of the molecule is N#Cc1c(NC(=O)CS(=O)Cc2ccc(C(=O)O)o2)sc2c1CCCC2. The van der Waals surface area contributed by atoms with Crippen LogP contribution in [0.2, 0.25) is 0 Å². The fourth-order valence-corrected chi connectivity index (χ4v) is 5.06. The van der Waals surface area contributed by atoms with Crippen LogP contribution in [0.25, 0.3) is 0 Å². The molecule has 0 bridgehead atoms. The number of hydrogen-bond acceptors (Lipinski definition) is 6. The van der Waals surface area contributed by atoms with Crippen molar-refractivity contribution in [1.82, 2.24) is 0 Å². The minimum Gasteiger partial charge on any atom is -0.475 e. The number of carbonyl (C=O) groups is 2. The van der Waals surface area contributed by atoms with Crippen molar-refractivity contribution in [3.05, 3.63) is 39.7 Å². The van der Waals surface area contributed by atoms with Crippen LogP contribution < -0.4 is 5.32 Å². The summed E-state index contributed by atoms with van der Waals surface area (Å²) >= 11 is 1.42. The van der Waals surface area contributed by atoms with Gasteiger partial charge in [0.2, 0.25) is 11.7 Å². The maximum Gasteiger partial charge on any atom is 0.371 e. The van der Waals surface area contributed by atoms with E-state index in [9.17, 15) is 19.1 Å². The molecule has 0 fully saturated rings. The largest absolute Gasteiger partial charge is 0.475 e. The summed E-state index contributed by atoms with van der Waals surface area (Å²) in [5, 5.41) is 21.4. The maximum absolute atomic E-state index is 12.2. The molecular formula is C17H16N2O5S2. The van der Waals surface area contributed by atoms with Gasteiger partial charge in [0.25, 0.3) is 0 Å². The molecule has 7 nitrogen and oxygen atoms in total. The summed E-state index contributed by atoms with van der Waals surface area (Å²) < 4.78 is 17.2. The topological polar surface area (TPSA) is 120 Å². The summed E-state index contributed by atoms with van der Waals surface area (Å²) in [5.74, 6) is -1.93. The van der Waals surface area contributed by atoms with Crippen molar-refractivity contribution >= 4 is 39.0 Å². The van der Waals surface area contributed by atoms with Crippen LogP contribution in [-0.4, -0.2) is 26.9 Å². The summed E-state index contributed by atoms with van der Waals surface area (Å²) in [6, 6.07) is 4.88. The molecule has 0 saturated heterocycles. The van der Waals surface area contributed by atoms with Crippen LogP contribution in [0.1, 0.15) is 45.2 Å². The second kappa shape index (κ2) is 7.85. The van der Waals surface area contributed by atoms with Crippen molar-refractivity contribution in [2.45, 2.75) is 31.4 Å². The Labute approximate surface area is 156 Å². The van der Waals surface area contributed by atoms with Crippen LogP contribution >= 0.6 is 11.3 Å². The predicted octanol–water partition coefficient (Wildman–Crippen LogP) is 2.68. The number of carboxylic acids is 1. The van der Waals surface area contributed by atoms with E-state index in [0.29, 0.717) is 10.6 Å². The molecule has 1 unspecified atom stereocenters. The highest BCUT2D eigenvalue weighted by atomic mass is 32.2. The van der Waals surface area contributed by atoms with Gasteiger partial charge in [0.15, 0.2) is 0 Å². The molecule has 1 amide bonds. The number of rotatable bonds is 6. The van der Waals surface area contributed by atoms with E-state index < -0.39 is 22.7 Å². The Bertz CT molecular complexity index is 922. The van der Waals surface area contributed by atoms with Crippen molar-refractivity contribution in [2.75, 3.05) is 11.1 Å². The quantitative estimate of drug-likeness (QED) is 0.780. The van der Waals surface area contributed by atoms with E-state index in [1.165, 1.54) is 23.5 Å². The van der Waals surface area contributed by atoms with E-state index in [-0.39, 0.29) is 23.0 Å². The van der Waals surface area contributed by atoms with Crippen LogP contribution in [-0.2, 0) is 34.2 Å². The lowest BCUT2D eigenvalue weighted by Crippen LogP contribution is -2.20. The second-order valence-electron chi connectivity index (χ2n) is 5.87. The molecule has 0 saturated carbocycles. The normalized spacial score (nSPS) is 14.3. The number of carboxylic acid groups (broad SMARTS) is 1. The molecule has 0 aromatic carbocycles. The fourth-order valence-electron chi connectivity index (χ4n) is 2.86. The number of nitriles is 1. The van der Waals surface area contributed by atoms with Crippen LogP contribution in [0, 0.1) is 11.3 Å². The molecule has 1 atom stereocenters. The highest BCUT2D eigenvalue weighted by Gasteiger charge is 2.22. The van der Waals surface area contributed by atoms with Gasteiger partial charge in [-0.3, -0.25) is 9.00 Å². The van der Waals surface area contributed by atoms with Crippen LogP contribution in [0.3, 0.4) is 0 Å². The maximum atomic E-state index is 12.2. The number of furan rings is 1. The molecule has 2 N–H and O–H groups in total. The first-order valence-electron chi connectivity index (χ1n) is 7.99. The zero-order chi connectivity index (χ0) is 18.7. The molecule has 26 heavy (non-hydrogen) atoms. The number of aromatic carboxylic acids is 1. The summed E-state index contributed by atoms with van der Waals surface area (Å²) in [4.78, 5) is 24.1. The zero-order valence-corrected chi connectivity index (χ0v) is 15.4. The standard InChI is InChI=1S/C17H16N2O5S2/c18-7-12-11-3-1-2-4-14(11)25-16(12)19-15(20)9-26(23)8-10-5-6-13(24-10)17(21)22/h5-6H,1-4,8-9H2,(H,19,20)(H,21,22). The predicted molar refractivity (Wildman–Crippen MR) is 96.7 cm³/mol. The Morgan fingerprint density at radius 2 is 2.12 bits per heavy atom. The van der Waals surface area contributed by atoms with Gasteiger partial charge >= 0.3 is 5.97 Å². The van der Waals surface area contributed by atoms with E-state index in [1.807, 2.05) is 0 Å². The van der Waals surface area contributed by atoms with Crippen molar-refractivity contribution in [3.63, 3.8) is 0 Å². The smallest absolute Gasteiger partial charge is 0.371 e. The number of nitrogens with zero attached hydrogens (tertiary/aromatic N) is 1. The van der Waals surface area contributed by atoms with Gasteiger partial charge in [0, 0.05) is 15.7 Å². The fraction of sp³-hybridized carbons (Fsp3) is 0.353. The first-order chi connectivity index (χ1) is 12.5. The molecule has 9 heteroatoms. The number of nitrogens with one attached hydrogen (secondary N) is 1. The van der Waals surface area contributed by atoms with Gasteiger partial charge in [-0.05, 0) is 43.4 Å². The molecule has 2 aromatic rings. The Balaban J connectivity index is 1.62. The van der Waals surface area contributed by atoms with Gasteiger partial charge in [-0.2, -0.15) is 5.26 Å². The van der Waals surface area contributed by atoms with Gasteiger partial charge < -0.3 is 14.8 Å². The van der Waals surface area contributed by atoms with E-state index in [2.05, 4.69) is 11.4 Å². The lowest BCUT2D eigenvalue weighted by molar-refractivity contribution is -0.113. The van der Waals surface area contributed by atoms with Gasteiger partial charge in [-0.1, -0.05) is 0 Å². The molecule has 0 radical (unpaired) electrons. The number of carbonyl (C=O) groups excluding carboxylic acids is 1. The van der Waals surface area contributed by atoms with E-state index >= 15 is 0 Å². The summed E-state index contributed by atoms with van der Waals surface area (Å²) in [6.07, 6.45) is 3.89. The monoisotopic (exact) mass is 392 g/mol. The second-order valence-corrected chi connectivity index (χ2v) is 8.44. The Hall–Kier alpha value is -2.44. The lowest BCUT2D eigenvalue weighted by atomic mass is 9.96. The molecular weight excluding hydrogens is 376 g/mol. The first-order valence-corrected chi connectivity index (χ1v) is 10.3. The van der Waals surface area contributed by atoms with Crippen molar-refractivity contribution in [1.29, 1.82) is 5.26 Å². The lowest BCUT2D eigenvalue weighted by Gasteiger charge is -2.09. The third-order valence-electron chi connectivity index (χ3n) is 4.00. The Morgan fingerprint density at radius 1 is 1.35 bits per heavy atom. The number of amides is 1. The number of hydrogen-bond donors (Lipinski definition) is 2. The first kappa shape index (κ1) is 18.4. The van der Waals surface area contributed by atoms with Crippen LogP contribution in [0.15, 0.2) is 16.5 Å². The number of fused-ring (bicyclic) bond motifs is 1. The Kier molecular flexibility index (Phi) is 5.54. The van der Waals surface area contributed by atoms with Gasteiger partial charge in [-0.15, -0.1) is 11.3 Å². The number of aryl methyl sites for hydroxylation is 1. The van der Waals surface area contributed by atoms with Crippen molar-refractivity contribution in [3.8, 4) is 6.07 Å². The molecule has 1 aliphatic carbocycles. The minimum absolute atomic E-state index is 0.0489. The molecule has 0 spiro atoms. The average molecular weight is 392 g/mol. The third kappa shape index (κ3) is 4.03. The zero-order valence-electron chi connectivity index (χ0n) is 13.7. The summed E-state index contributed by atoms with van der Waals surface area (Å²) in [7, 11) is -1.55. The number of thiophene rings is 1. The van der Waals surface area contributed by atoms with E-state index in [0.717, 1.165) is 36.1 Å². The summed E-state index contributed by atoms with van der Waals surface area (Å²) in [5.41, 5.74) is 1.54. The van der Waals surface area contributed by atoms with Crippen LogP contribution in [0.4, 0.5) is 5.00 Å². The minimum atomic E-state index is -1.55. The Morgan fingerprint density at radius 3 is 2.81 bits per heavy atom. The molecule has 136 valence electrons. The highest BCUT2D eigenvalue weighted by molar-refractivity contribution is 7.84. The third-order valence-corrected chi connectivity index (χ3v) is 6.40. The van der Waals surface area contributed by atoms with Gasteiger partial charge in [0.05, 0.1) is 11.3 Å². The molecule has 1 aliphatic rings. The molecule has 0 aliphatic heterocycles. The van der Waals surface area contributed by atoms with Crippen LogP contribution in [0.5, 0.6) is 0 Å². The summed E-state index contributed by atoms with van der Waals surface area (Å²) in [6.45, 7) is 0. The highest BCUT2D eigenvalue weighted by Crippen LogP contribution is 2.37. The van der Waals surface area contributed by atoms with E-state index in [4.69, 9.17) is 9.52 Å². The average Bonchev–Trinajstić information content (AvgIpc) is 3.18. The molecule has 2 aromatic heterocycles. The number of anilines is 1. The molecule has 3 rings (SSSR count).